The summed E-state index contributed by atoms with van der Waals surface area (Å²) in [5.41, 5.74) is 2.09. The number of oxazole rings is 1. The second-order valence-corrected chi connectivity index (χ2v) is 8.12. The Morgan fingerprint density at radius 2 is 1.93 bits per heavy atom. The molecule has 1 fully saturated rings. The summed E-state index contributed by atoms with van der Waals surface area (Å²) in [6, 6.07) is 3.98. The van der Waals surface area contributed by atoms with E-state index < -0.39 is 0 Å². The summed E-state index contributed by atoms with van der Waals surface area (Å²) >= 11 is 0. The van der Waals surface area contributed by atoms with Gasteiger partial charge in [0.25, 0.3) is 5.91 Å². The van der Waals surface area contributed by atoms with E-state index >= 15 is 0 Å². The Kier molecular flexibility index (Phi) is 4.20. The molecule has 3 aromatic heterocycles. The SMILES string of the molecule is Cc1nc(C(=O)N2CCC(c3nnc4ccc(C(C)(C)C)nn34)CC2)co1. The van der Waals surface area contributed by atoms with Crippen LogP contribution in [0.25, 0.3) is 5.65 Å². The van der Waals surface area contributed by atoms with Gasteiger partial charge in [-0.05, 0) is 25.0 Å². The maximum atomic E-state index is 12.5. The van der Waals surface area contributed by atoms with Gasteiger partial charge in [-0.1, -0.05) is 20.8 Å². The molecule has 4 rings (SSSR count). The second kappa shape index (κ2) is 6.44. The number of hydrogen-bond donors (Lipinski definition) is 0. The van der Waals surface area contributed by atoms with Crippen LogP contribution in [0.2, 0.25) is 0 Å². The first-order chi connectivity index (χ1) is 12.8. The Bertz CT molecular complexity index is 976. The third-order valence-electron chi connectivity index (χ3n) is 5.04. The van der Waals surface area contributed by atoms with E-state index in [9.17, 15) is 4.79 Å². The van der Waals surface area contributed by atoms with Crippen LogP contribution in [0.3, 0.4) is 0 Å². The number of likely N-dealkylation sites (tertiary alicyclic amines) is 1. The Morgan fingerprint density at radius 3 is 2.56 bits per heavy atom. The topological polar surface area (TPSA) is 89.4 Å². The minimum atomic E-state index is -0.0791. The summed E-state index contributed by atoms with van der Waals surface area (Å²) in [5, 5.41) is 13.4. The number of piperidine rings is 1. The van der Waals surface area contributed by atoms with Crippen molar-refractivity contribution in [3.05, 3.63) is 41.5 Å². The number of aromatic nitrogens is 5. The molecule has 0 radical (unpaired) electrons. The van der Waals surface area contributed by atoms with Gasteiger partial charge in [-0.15, -0.1) is 10.2 Å². The van der Waals surface area contributed by atoms with Crippen molar-refractivity contribution in [2.24, 2.45) is 0 Å². The van der Waals surface area contributed by atoms with Crippen LogP contribution >= 0.6 is 0 Å². The fraction of sp³-hybridized carbons (Fsp3) is 0.526. The maximum Gasteiger partial charge on any atom is 0.275 e. The van der Waals surface area contributed by atoms with Crippen LogP contribution in [0.4, 0.5) is 0 Å². The molecule has 0 aromatic carbocycles. The van der Waals surface area contributed by atoms with E-state index in [2.05, 4.69) is 36.0 Å². The molecular weight excluding hydrogens is 344 g/mol. The number of fused-ring (bicyclic) bond motifs is 1. The molecule has 142 valence electrons. The van der Waals surface area contributed by atoms with Gasteiger partial charge in [0, 0.05) is 31.3 Å². The summed E-state index contributed by atoms with van der Waals surface area (Å²) in [4.78, 5) is 18.5. The Morgan fingerprint density at radius 1 is 1.19 bits per heavy atom. The van der Waals surface area contributed by atoms with Crippen molar-refractivity contribution in [1.82, 2.24) is 29.7 Å². The third-order valence-corrected chi connectivity index (χ3v) is 5.04. The predicted octanol–water partition coefficient (Wildman–Crippen LogP) is 2.74. The Hall–Kier alpha value is -2.77. The van der Waals surface area contributed by atoms with Crippen LogP contribution < -0.4 is 0 Å². The van der Waals surface area contributed by atoms with Gasteiger partial charge < -0.3 is 9.32 Å². The molecule has 0 spiro atoms. The van der Waals surface area contributed by atoms with E-state index in [0.717, 1.165) is 30.0 Å². The number of rotatable bonds is 2. The first kappa shape index (κ1) is 17.6. The zero-order valence-electron chi connectivity index (χ0n) is 16.1. The van der Waals surface area contributed by atoms with Crippen molar-refractivity contribution >= 4 is 11.6 Å². The van der Waals surface area contributed by atoms with Gasteiger partial charge in [-0.25, -0.2) is 4.98 Å². The molecule has 27 heavy (non-hydrogen) atoms. The Labute approximate surface area is 157 Å². The number of amides is 1. The highest BCUT2D eigenvalue weighted by atomic mass is 16.3. The molecule has 1 saturated heterocycles. The zero-order chi connectivity index (χ0) is 19.2. The summed E-state index contributed by atoms with van der Waals surface area (Å²) in [5.74, 6) is 1.53. The molecule has 1 amide bonds. The quantitative estimate of drug-likeness (QED) is 0.691. The number of carbonyl (C=O) groups is 1. The van der Waals surface area contributed by atoms with Crippen molar-refractivity contribution in [1.29, 1.82) is 0 Å². The predicted molar refractivity (Wildman–Crippen MR) is 98.6 cm³/mol. The highest BCUT2D eigenvalue weighted by molar-refractivity contribution is 5.92. The molecule has 0 saturated carbocycles. The van der Waals surface area contributed by atoms with Crippen molar-refractivity contribution < 1.29 is 9.21 Å². The van der Waals surface area contributed by atoms with E-state index in [1.807, 2.05) is 21.5 Å². The van der Waals surface area contributed by atoms with E-state index in [-0.39, 0.29) is 17.2 Å². The normalized spacial score (nSPS) is 16.2. The Balaban J connectivity index is 1.52. The van der Waals surface area contributed by atoms with Crippen LogP contribution in [0.15, 0.2) is 22.8 Å². The molecule has 0 N–H and O–H groups in total. The molecule has 8 nitrogen and oxygen atoms in total. The van der Waals surface area contributed by atoms with E-state index in [4.69, 9.17) is 9.52 Å². The van der Waals surface area contributed by atoms with E-state index in [0.29, 0.717) is 24.7 Å². The zero-order valence-corrected chi connectivity index (χ0v) is 16.1. The molecule has 1 aliphatic rings. The van der Waals surface area contributed by atoms with Gasteiger partial charge in [0.1, 0.15) is 6.26 Å². The van der Waals surface area contributed by atoms with Gasteiger partial charge >= 0.3 is 0 Å². The van der Waals surface area contributed by atoms with Crippen LogP contribution in [0.1, 0.15) is 67.4 Å². The number of hydrogen-bond acceptors (Lipinski definition) is 6. The molecular formula is C19H24N6O2. The summed E-state index contributed by atoms with van der Waals surface area (Å²) < 4.78 is 7.02. The molecule has 0 atom stereocenters. The molecule has 0 unspecified atom stereocenters. The van der Waals surface area contributed by atoms with Crippen LogP contribution in [-0.4, -0.2) is 48.7 Å². The fourth-order valence-corrected chi connectivity index (χ4v) is 3.42. The van der Waals surface area contributed by atoms with Crippen molar-refractivity contribution in [3.8, 4) is 0 Å². The van der Waals surface area contributed by atoms with Gasteiger partial charge in [0.15, 0.2) is 23.1 Å². The fourth-order valence-electron chi connectivity index (χ4n) is 3.42. The van der Waals surface area contributed by atoms with E-state index in [1.54, 1.807) is 6.92 Å². The van der Waals surface area contributed by atoms with Gasteiger partial charge in [-0.3, -0.25) is 4.79 Å². The lowest BCUT2D eigenvalue weighted by Gasteiger charge is -2.30. The van der Waals surface area contributed by atoms with Gasteiger partial charge in [-0.2, -0.15) is 9.61 Å². The standard InChI is InChI=1S/C19H24N6O2/c1-12-20-14(11-27-12)18(26)24-9-7-13(8-10-24)17-22-21-16-6-5-15(19(2,3)4)23-25(16)17/h5-6,11,13H,7-10H2,1-4H3. The summed E-state index contributed by atoms with van der Waals surface area (Å²) in [6.07, 6.45) is 3.07. The smallest absolute Gasteiger partial charge is 0.275 e. The second-order valence-electron chi connectivity index (χ2n) is 8.12. The number of carbonyl (C=O) groups excluding carboxylic acids is 1. The van der Waals surface area contributed by atoms with Crippen molar-refractivity contribution in [2.45, 2.75) is 51.9 Å². The van der Waals surface area contributed by atoms with Crippen LogP contribution in [0, 0.1) is 6.92 Å². The summed E-state index contributed by atoms with van der Waals surface area (Å²) in [6.45, 7) is 9.47. The monoisotopic (exact) mass is 368 g/mol. The number of nitrogens with zero attached hydrogens (tertiary/aromatic N) is 6. The van der Waals surface area contributed by atoms with Gasteiger partial charge in [0.2, 0.25) is 0 Å². The summed E-state index contributed by atoms with van der Waals surface area (Å²) in [7, 11) is 0. The van der Waals surface area contributed by atoms with E-state index in [1.165, 1.54) is 6.26 Å². The lowest BCUT2D eigenvalue weighted by molar-refractivity contribution is 0.0704. The third kappa shape index (κ3) is 3.31. The highest BCUT2D eigenvalue weighted by Crippen LogP contribution is 2.28. The lowest BCUT2D eigenvalue weighted by Crippen LogP contribution is -2.38. The molecule has 0 bridgehead atoms. The minimum absolute atomic E-state index is 0.0404. The molecule has 0 aliphatic carbocycles. The van der Waals surface area contributed by atoms with Crippen molar-refractivity contribution in [2.75, 3.05) is 13.1 Å². The molecule has 4 heterocycles. The molecule has 3 aromatic rings. The average Bonchev–Trinajstić information content (AvgIpc) is 3.26. The lowest BCUT2D eigenvalue weighted by atomic mass is 9.92. The van der Waals surface area contributed by atoms with Crippen LogP contribution in [0.5, 0.6) is 0 Å². The van der Waals surface area contributed by atoms with Gasteiger partial charge in [0.05, 0.1) is 5.69 Å². The maximum absolute atomic E-state index is 12.5. The molecule has 8 heteroatoms. The first-order valence-corrected chi connectivity index (χ1v) is 9.27. The minimum Gasteiger partial charge on any atom is -0.448 e. The first-order valence-electron chi connectivity index (χ1n) is 9.27. The largest absolute Gasteiger partial charge is 0.448 e. The average molecular weight is 368 g/mol. The highest BCUT2D eigenvalue weighted by Gasteiger charge is 2.29. The molecule has 1 aliphatic heterocycles. The number of aryl methyl sites for hydroxylation is 1. The van der Waals surface area contributed by atoms with Crippen molar-refractivity contribution in [3.63, 3.8) is 0 Å². The van der Waals surface area contributed by atoms with Crippen LogP contribution in [-0.2, 0) is 5.41 Å².